The number of nitrogens with zero attached hydrogens (tertiary/aromatic N) is 3. The zero-order valence-corrected chi connectivity index (χ0v) is 16.9. The molecule has 2 aliphatic heterocycles. The fraction of sp³-hybridized carbons (Fsp3) is 0.905. The van der Waals surface area contributed by atoms with Crippen LogP contribution in [0.1, 0.15) is 38.5 Å². The van der Waals surface area contributed by atoms with Crippen molar-refractivity contribution in [1.29, 1.82) is 0 Å². The van der Waals surface area contributed by atoms with Crippen LogP contribution < -0.4 is 0 Å². The first kappa shape index (κ1) is 17.9. The predicted octanol–water partition coefficient (Wildman–Crippen LogP) is 1.20. The zero-order chi connectivity index (χ0) is 19.0. The second-order valence-electron chi connectivity index (χ2n) is 10.5. The molecule has 2 saturated heterocycles. The molecular formula is C21H33N3O3. The molecule has 150 valence electrons. The molecule has 0 N–H and O–H groups in total. The molecule has 6 aliphatic rings. The Hall–Kier alpha value is -1.14. The van der Waals surface area contributed by atoms with Crippen molar-refractivity contribution in [2.45, 2.75) is 50.2 Å². The average Bonchev–Trinajstić information content (AvgIpc) is 2.57. The summed E-state index contributed by atoms with van der Waals surface area (Å²) in [5, 5.41) is 0. The lowest BCUT2D eigenvalue weighted by Crippen LogP contribution is -2.74. The Kier molecular flexibility index (Phi) is 3.94. The number of morpholine rings is 1. The molecular weight excluding hydrogens is 342 g/mol. The maximum atomic E-state index is 13.4. The minimum Gasteiger partial charge on any atom is -0.368 e. The van der Waals surface area contributed by atoms with E-state index in [2.05, 4.69) is 9.80 Å². The third-order valence-corrected chi connectivity index (χ3v) is 8.08. The van der Waals surface area contributed by atoms with Crippen LogP contribution in [-0.4, -0.2) is 85.5 Å². The van der Waals surface area contributed by atoms with Gasteiger partial charge in [0, 0.05) is 20.6 Å². The van der Waals surface area contributed by atoms with E-state index >= 15 is 0 Å². The lowest BCUT2D eigenvalue weighted by molar-refractivity contribution is -0.212. The summed E-state index contributed by atoms with van der Waals surface area (Å²) >= 11 is 0. The van der Waals surface area contributed by atoms with Crippen molar-refractivity contribution in [2.75, 3.05) is 47.4 Å². The molecule has 1 spiro atoms. The van der Waals surface area contributed by atoms with Crippen molar-refractivity contribution >= 4 is 11.8 Å². The van der Waals surface area contributed by atoms with Crippen LogP contribution in [0.2, 0.25) is 0 Å². The van der Waals surface area contributed by atoms with Crippen LogP contribution >= 0.6 is 0 Å². The maximum Gasteiger partial charge on any atom is 0.241 e. The number of amides is 2. The number of carbonyl (C=O) groups is 2. The Balaban J connectivity index is 1.22. The number of likely N-dealkylation sites (N-methyl/N-ethyl adjacent to an activating group) is 2. The SMILES string of the molecule is CN(C)C(=O)C1COC2(CN(C(=O)C34CC5CC(CC(C5)C3)C4)C2)CN1C. The van der Waals surface area contributed by atoms with Gasteiger partial charge in [0.25, 0.3) is 0 Å². The molecule has 0 aromatic rings. The normalized spacial score (nSPS) is 42.3. The van der Waals surface area contributed by atoms with Gasteiger partial charge in [0.05, 0.1) is 25.1 Å². The van der Waals surface area contributed by atoms with Crippen molar-refractivity contribution in [2.24, 2.45) is 23.2 Å². The summed E-state index contributed by atoms with van der Waals surface area (Å²) < 4.78 is 6.17. The first-order valence-electron chi connectivity index (χ1n) is 10.6. The van der Waals surface area contributed by atoms with E-state index in [9.17, 15) is 9.59 Å². The molecule has 4 saturated carbocycles. The Morgan fingerprint density at radius 1 is 0.963 bits per heavy atom. The smallest absolute Gasteiger partial charge is 0.241 e. The largest absolute Gasteiger partial charge is 0.368 e. The van der Waals surface area contributed by atoms with Gasteiger partial charge in [0.2, 0.25) is 11.8 Å². The lowest BCUT2D eigenvalue weighted by Gasteiger charge is -2.60. The van der Waals surface area contributed by atoms with Crippen LogP contribution in [0.5, 0.6) is 0 Å². The third-order valence-electron chi connectivity index (χ3n) is 8.08. The highest BCUT2D eigenvalue weighted by Gasteiger charge is 2.59. The van der Waals surface area contributed by atoms with Crippen molar-refractivity contribution in [3.05, 3.63) is 0 Å². The topological polar surface area (TPSA) is 53.1 Å². The number of hydrogen-bond donors (Lipinski definition) is 0. The van der Waals surface area contributed by atoms with Crippen LogP contribution in [-0.2, 0) is 14.3 Å². The minimum absolute atomic E-state index is 0.0552. The monoisotopic (exact) mass is 375 g/mol. The summed E-state index contributed by atoms with van der Waals surface area (Å²) in [6, 6.07) is -0.210. The molecule has 6 rings (SSSR count). The Morgan fingerprint density at radius 3 is 2.00 bits per heavy atom. The quantitative estimate of drug-likeness (QED) is 0.728. The van der Waals surface area contributed by atoms with Gasteiger partial charge >= 0.3 is 0 Å². The summed E-state index contributed by atoms with van der Waals surface area (Å²) in [6.45, 7) is 2.54. The van der Waals surface area contributed by atoms with E-state index in [1.165, 1.54) is 19.3 Å². The van der Waals surface area contributed by atoms with Gasteiger partial charge in [-0.25, -0.2) is 0 Å². The molecule has 0 radical (unpaired) electrons. The van der Waals surface area contributed by atoms with Gasteiger partial charge in [-0.1, -0.05) is 0 Å². The highest BCUT2D eigenvalue weighted by molar-refractivity contribution is 5.84. The van der Waals surface area contributed by atoms with E-state index in [-0.39, 0.29) is 23.0 Å². The van der Waals surface area contributed by atoms with Crippen LogP contribution in [0.25, 0.3) is 0 Å². The van der Waals surface area contributed by atoms with Crippen LogP contribution in [0.3, 0.4) is 0 Å². The molecule has 1 atom stereocenters. The third kappa shape index (κ3) is 2.74. The number of ether oxygens (including phenoxy) is 1. The highest BCUT2D eigenvalue weighted by atomic mass is 16.5. The highest BCUT2D eigenvalue weighted by Crippen LogP contribution is 2.61. The Morgan fingerprint density at radius 2 is 1.52 bits per heavy atom. The zero-order valence-electron chi connectivity index (χ0n) is 16.9. The number of hydrogen-bond acceptors (Lipinski definition) is 4. The van der Waals surface area contributed by atoms with Crippen molar-refractivity contribution in [3.63, 3.8) is 0 Å². The Bertz CT molecular complexity index is 620. The summed E-state index contributed by atoms with van der Waals surface area (Å²) in [7, 11) is 5.57. The van der Waals surface area contributed by atoms with Crippen LogP contribution in [0, 0.1) is 23.2 Å². The molecule has 6 fully saturated rings. The first-order chi connectivity index (χ1) is 12.8. The number of carbonyl (C=O) groups excluding carboxylic acids is 2. The van der Waals surface area contributed by atoms with Crippen LogP contribution in [0.15, 0.2) is 0 Å². The average molecular weight is 376 g/mol. The van der Waals surface area contributed by atoms with E-state index < -0.39 is 0 Å². The number of likely N-dealkylation sites (tertiary alicyclic amines) is 1. The van der Waals surface area contributed by atoms with Gasteiger partial charge in [0.15, 0.2) is 0 Å². The molecule has 6 heteroatoms. The molecule has 4 aliphatic carbocycles. The molecule has 0 aromatic carbocycles. The summed E-state index contributed by atoms with van der Waals surface area (Å²) in [6.07, 6.45) is 7.48. The predicted molar refractivity (Wildman–Crippen MR) is 101 cm³/mol. The molecule has 2 heterocycles. The fourth-order valence-corrected chi connectivity index (χ4v) is 7.24. The van der Waals surface area contributed by atoms with Gasteiger partial charge in [0.1, 0.15) is 11.6 Å². The Labute approximate surface area is 162 Å². The van der Waals surface area contributed by atoms with Gasteiger partial charge < -0.3 is 14.5 Å². The van der Waals surface area contributed by atoms with Gasteiger partial charge in [-0.2, -0.15) is 0 Å². The van der Waals surface area contributed by atoms with E-state index in [4.69, 9.17) is 4.74 Å². The van der Waals surface area contributed by atoms with Crippen molar-refractivity contribution in [1.82, 2.24) is 14.7 Å². The van der Waals surface area contributed by atoms with Gasteiger partial charge in [-0.3, -0.25) is 14.5 Å². The summed E-state index contributed by atoms with van der Waals surface area (Å²) in [5.41, 5.74) is -0.323. The van der Waals surface area contributed by atoms with E-state index in [0.29, 0.717) is 25.6 Å². The lowest BCUT2D eigenvalue weighted by atomic mass is 9.49. The number of rotatable bonds is 2. The minimum atomic E-state index is -0.268. The van der Waals surface area contributed by atoms with E-state index in [1.807, 2.05) is 7.05 Å². The standard InChI is InChI=1S/C21H33N3O3/c1-22(2)18(25)17-10-27-21(11-23(17)3)12-24(13-21)19(26)20-7-14-4-15(8-20)6-16(5-14)9-20/h14-17H,4-13H2,1-3H3. The summed E-state index contributed by atoms with van der Waals surface area (Å²) in [5.74, 6) is 2.89. The van der Waals surface area contributed by atoms with Crippen molar-refractivity contribution in [3.8, 4) is 0 Å². The maximum absolute atomic E-state index is 13.4. The van der Waals surface area contributed by atoms with Crippen LogP contribution in [0.4, 0.5) is 0 Å². The van der Waals surface area contributed by atoms with Gasteiger partial charge in [-0.15, -0.1) is 0 Å². The van der Waals surface area contributed by atoms with E-state index in [0.717, 1.165) is 43.6 Å². The molecule has 27 heavy (non-hydrogen) atoms. The van der Waals surface area contributed by atoms with E-state index in [1.54, 1.807) is 19.0 Å². The van der Waals surface area contributed by atoms with Gasteiger partial charge in [-0.05, 0) is 63.3 Å². The molecule has 6 nitrogen and oxygen atoms in total. The first-order valence-corrected chi connectivity index (χ1v) is 10.6. The molecule has 4 bridgehead atoms. The molecule has 1 unspecified atom stereocenters. The molecule has 0 aromatic heterocycles. The fourth-order valence-electron chi connectivity index (χ4n) is 7.24. The summed E-state index contributed by atoms with van der Waals surface area (Å²) in [4.78, 5) is 31.5. The second kappa shape index (κ2) is 5.93. The molecule has 2 amide bonds. The van der Waals surface area contributed by atoms with Crippen molar-refractivity contribution < 1.29 is 14.3 Å². The second-order valence-corrected chi connectivity index (χ2v) is 10.5.